The van der Waals surface area contributed by atoms with Crippen LogP contribution >= 0.6 is 0 Å². The third-order valence-electron chi connectivity index (χ3n) is 3.83. The molecule has 0 bridgehead atoms. The Morgan fingerprint density at radius 3 is 2.40 bits per heavy atom. The van der Waals surface area contributed by atoms with Gasteiger partial charge in [0.25, 0.3) is 10.0 Å². The Labute approximate surface area is 119 Å². The zero-order valence-electron chi connectivity index (χ0n) is 11.4. The fraction of sp³-hybridized carbons (Fsp3) is 0.250. The van der Waals surface area contributed by atoms with Gasteiger partial charge in [0.15, 0.2) is 0 Å². The summed E-state index contributed by atoms with van der Waals surface area (Å²) in [4.78, 5) is 0.351. The maximum absolute atomic E-state index is 12.8. The SMILES string of the molecule is C[C@H]1CCN(S(=O)(=O)c2ccccc2)c2ccccc21. The summed E-state index contributed by atoms with van der Waals surface area (Å²) in [6.07, 6.45) is 0.850. The molecule has 0 amide bonds. The van der Waals surface area contributed by atoms with E-state index in [1.54, 1.807) is 24.3 Å². The van der Waals surface area contributed by atoms with Gasteiger partial charge in [0, 0.05) is 6.54 Å². The smallest absolute Gasteiger partial charge is 0.264 e. The van der Waals surface area contributed by atoms with Crippen LogP contribution in [0.4, 0.5) is 5.69 Å². The van der Waals surface area contributed by atoms with Crippen LogP contribution in [0.1, 0.15) is 24.8 Å². The van der Waals surface area contributed by atoms with Gasteiger partial charge in [0.2, 0.25) is 0 Å². The zero-order chi connectivity index (χ0) is 14.2. The summed E-state index contributed by atoms with van der Waals surface area (Å²) < 4.78 is 27.1. The summed E-state index contributed by atoms with van der Waals surface area (Å²) in [5.41, 5.74) is 1.92. The topological polar surface area (TPSA) is 37.4 Å². The first kappa shape index (κ1) is 13.2. The molecule has 0 spiro atoms. The van der Waals surface area contributed by atoms with Crippen molar-refractivity contribution in [3.8, 4) is 0 Å². The molecule has 0 unspecified atom stereocenters. The quantitative estimate of drug-likeness (QED) is 0.849. The molecule has 3 nitrogen and oxygen atoms in total. The largest absolute Gasteiger partial charge is 0.266 e. The Morgan fingerprint density at radius 2 is 1.65 bits per heavy atom. The van der Waals surface area contributed by atoms with E-state index >= 15 is 0 Å². The molecule has 0 N–H and O–H groups in total. The predicted octanol–water partition coefficient (Wildman–Crippen LogP) is 3.39. The van der Waals surface area contributed by atoms with Crippen LogP contribution in [0.3, 0.4) is 0 Å². The maximum Gasteiger partial charge on any atom is 0.264 e. The third kappa shape index (κ3) is 2.10. The minimum Gasteiger partial charge on any atom is -0.266 e. The Balaban J connectivity index is 2.10. The molecule has 0 saturated carbocycles. The highest BCUT2D eigenvalue weighted by atomic mass is 32.2. The Bertz CT molecular complexity index is 710. The number of rotatable bonds is 2. The molecule has 0 radical (unpaired) electrons. The summed E-state index contributed by atoms with van der Waals surface area (Å²) in [6, 6.07) is 16.4. The van der Waals surface area contributed by atoms with Gasteiger partial charge < -0.3 is 0 Å². The van der Waals surface area contributed by atoms with Crippen LogP contribution in [0, 0.1) is 0 Å². The standard InChI is InChI=1S/C16H17NO2S/c1-13-11-12-17(16-10-6-5-9-15(13)16)20(18,19)14-7-3-2-4-8-14/h2-10,13H,11-12H2,1H3/t13-/m0/s1. The number of sulfonamides is 1. The van der Waals surface area contributed by atoms with E-state index in [0.717, 1.165) is 17.7 Å². The van der Waals surface area contributed by atoms with Gasteiger partial charge in [-0.05, 0) is 36.1 Å². The second kappa shape index (κ2) is 4.94. The molecule has 1 heterocycles. The van der Waals surface area contributed by atoms with Crippen molar-refractivity contribution >= 4 is 15.7 Å². The Morgan fingerprint density at radius 1 is 1.00 bits per heavy atom. The lowest BCUT2D eigenvalue weighted by atomic mass is 9.93. The van der Waals surface area contributed by atoms with E-state index in [2.05, 4.69) is 6.92 Å². The first-order valence-corrected chi connectivity index (χ1v) is 8.21. The molecule has 1 aliphatic heterocycles. The summed E-state index contributed by atoms with van der Waals surface area (Å²) in [6.45, 7) is 2.68. The lowest BCUT2D eigenvalue weighted by Crippen LogP contribution is -2.36. The molecule has 1 aliphatic rings. The average Bonchev–Trinajstić information content (AvgIpc) is 2.48. The van der Waals surface area contributed by atoms with Gasteiger partial charge in [-0.3, -0.25) is 4.31 Å². The van der Waals surface area contributed by atoms with Gasteiger partial charge in [-0.25, -0.2) is 8.42 Å². The van der Waals surface area contributed by atoms with Crippen LogP contribution in [-0.4, -0.2) is 15.0 Å². The summed E-state index contributed by atoms with van der Waals surface area (Å²) >= 11 is 0. The van der Waals surface area contributed by atoms with E-state index in [-0.39, 0.29) is 0 Å². The van der Waals surface area contributed by atoms with Gasteiger partial charge in [-0.1, -0.05) is 43.3 Å². The van der Waals surface area contributed by atoms with E-state index in [4.69, 9.17) is 0 Å². The summed E-state index contributed by atoms with van der Waals surface area (Å²) in [7, 11) is -3.47. The number of fused-ring (bicyclic) bond motifs is 1. The van der Waals surface area contributed by atoms with Crippen LogP contribution in [0.25, 0.3) is 0 Å². The zero-order valence-corrected chi connectivity index (χ0v) is 12.2. The van der Waals surface area contributed by atoms with E-state index in [9.17, 15) is 8.42 Å². The molecule has 4 heteroatoms. The lowest BCUT2D eigenvalue weighted by Gasteiger charge is -2.33. The van der Waals surface area contributed by atoms with Gasteiger partial charge in [0.1, 0.15) is 0 Å². The molecule has 0 aromatic heterocycles. The van der Waals surface area contributed by atoms with Crippen LogP contribution in [0.5, 0.6) is 0 Å². The van der Waals surface area contributed by atoms with E-state index < -0.39 is 10.0 Å². The number of anilines is 1. The number of para-hydroxylation sites is 1. The number of hydrogen-bond donors (Lipinski definition) is 0. The Hall–Kier alpha value is -1.81. The van der Waals surface area contributed by atoms with Crippen LogP contribution in [0.2, 0.25) is 0 Å². The van der Waals surface area contributed by atoms with Crippen molar-refractivity contribution in [2.75, 3.05) is 10.8 Å². The Kier molecular flexibility index (Phi) is 3.26. The van der Waals surface area contributed by atoms with Crippen molar-refractivity contribution in [2.45, 2.75) is 24.2 Å². The normalized spacial score (nSPS) is 18.6. The first-order chi connectivity index (χ1) is 9.60. The lowest BCUT2D eigenvalue weighted by molar-refractivity contribution is 0.578. The number of hydrogen-bond acceptors (Lipinski definition) is 2. The third-order valence-corrected chi connectivity index (χ3v) is 5.66. The molecule has 1 atom stereocenters. The van der Waals surface area contributed by atoms with Gasteiger partial charge in [-0.15, -0.1) is 0 Å². The maximum atomic E-state index is 12.8. The molecule has 104 valence electrons. The van der Waals surface area contributed by atoms with Gasteiger partial charge in [-0.2, -0.15) is 0 Å². The van der Waals surface area contributed by atoms with Crippen molar-refractivity contribution < 1.29 is 8.42 Å². The van der Waals surface area contributed by atoms with Crippen molar-refractivity contribution in [3.05, 3.63) is 60.2 Å². The molecule has 20 heavy (non-hydrogen) atoms. The van der Waals surface area contributed by atoms with Crippen LogP contribution < -0.4 is 4.31 Å². The fourth-order valence-electron chi connectivity index (χ4n) is 2.69. The van der Waals surface area contributed by atoms with E-state index in [1.165, 1.54) is 4.31 Å². The van der Waals surface area contributed by atoms with Crippen molar-refractivity contribution in [1.82, 2.24) is 0 Å². The van der Waals surface area contributed by atoms with Crippen molar-refractivity contribution in [3.63, 3.8) is 0 Å². The van der Waals surface area contributed by atoms with Crippen LogP contribution in [-0.2, 0) is 10.0 Å². The molecule has 2 aromatic rings. The summed E-state index contributed by atoms with van der Waals surface area (Å²) in [5, 5.41) is 0. The van der Waals surface area contributed by atoms with Gasteiger partial charge in [0.05, 0.1) is 10.6 Å². The van der Waals surface area contributed by atoms with Gasteiger partial charge >= 0.3 is 0 Å². The minimum absolute atomic E-state index is 0.351. The predicted molar refractivity (Wildman–Crippen MR) is 80.4 cm³/mol. The van der Waals surface area contributed by atoms with Crippen LogP contribution in [0.15, 0.2) is 59.5 Å². The van der Waals surface area contributed by atoms with E-state index in [1.807, 2.05) is 30.3 Å². The monoisotopic (exact) mass is 287 g/mol. The minimum atomic E-state index is -3.47. The van der Waals surface area contributed by atoms with E-state index in [0.29, 0.717) is 17.4 Å². The second-order valence-electron chi connectivity index (χ2n) is 5.14. The van der Waals surface area contributed by atoms with Crippen molar-refractivity contribution in [2.24, 2.45) is 0 Å². The highest BCUT2D eigenvalue weighted by Crippen LogP contribution is 2.37. The molecular formula is C16H17NO2S. The second-order valence-corrected chi connectivity index (χ2v) is 7.00. The summed E-state index contributed by atoms with van der Waals surface area (Å²) in [5.74, 6) is 0.397. The molecule has 0 saturated heterocycles. The molecule has 2 aromatic carbocycles. The van der Waals surface area contributed by atoms with Crippen molar-refractivity contribution in [1.29, 1.82) is 0 Å². The first-order valence-electron chi connectivity index (χ1n) is 6.77. The fourth-order valence-corrected chi connectivity index (χ4v) is 4.21. The molecule has 0 fully saturated rings. The molecule has 0 aliphatic carbocycles. The average molecular weight is 287 g/mol. The number of benzene rings is 2. The highest BCUT2D eigenvalue weighted by molar-refractivity contribution is 7.92. The molecule has 3 rings (SSSR count). The molecular weight excluding hydrogens is 270 g/mol. The number of nitrogens with zero attached hydrogens (tertiary/aromatic N) is 1. The highest BCUT2D eigenvalue weighted by Gasteiger charge is 2.31.